The van der Waals surface area contributed by atoms with Crippen molar-refractivity contribution in [1.29, 1.82) is 0 Å². The fourth-order valence-corrected chi connectivity index (χ4v) is 2.30. The molecule has 18 heavy (non-hydrogen) atoms. The van der Waals surface area contributed by atoms with Crippen LogP contribution < -0.4 is 10.6 Å². The Balaban J connectivity index is 1.79. The van der Waals surface area contributed by atoms with Crippen molar-refractivity contribution in [1.82, 2.24) is 5.32 Å². The number of hydrogen-bond donors (Lipinski definition) is 3. The van der Waals surface area contributed by atoms with Crippen molar-refractivity contribution < 1.29 is 9.90 Å². The second kappa shape index (κ2) is 6.40. The van der Waals surface area contributed by atoms with Crippen LogP contribution in [0.3, 0.4) is 0 Å². The number of aliphatic hydroxyl groups is 1. The van der Waals surface area contributed by atoms with Crippen molar-refractivity contribution in [2.24, 2.45) is 0 Å². The van der Waals surface area contributed by atoms with Crippen molar-refractivity contribution in [3.05, 3.63) is 29.8 Å². The summed E-state index contributed by atoms with van der Waals surface area (Å²) >= 11 is 0. The first-order valence-electron chi connectivity index (χ1n) is 6.51. The summed E-state index contributed by atoms with van der Waals surface area (Å²) in [5.74, 6) is 0.371. The Bertz CT molecular complexity index is 407. The highest BCUT2D eigenvalue weighted by Gasteiger charge is 2.23. The summed E-state index contributed by atoms with van der Waals surface area (Å²) in [6.45, 7) is 1.68. The van der Waals surface area contributed by atoms with Crippen molar-refractivity contribution in [2.45, 2.75) is 25.2 Å². The van der Waals surface area contributed by atoms with Gasteiger partial charge < -0.3 is 15.7 Å². The molecule has 0 aliphatic carbocycles. The molecular formula is C14H20N2O2. The van der Waals surface area contributed by atoms with E-state index in [1.54, 1.807) is 0 Å². The third-order valence-electron chi connectivity index (χ3n) is 3.28. The van der Waals surface area contributed by atoms with Gasteiger partial charge in [0.1, 0.15) is 0 Å². The molecule has 2 rings (SSSR count). The summed E-state index contributed by atoms with van der Waals surface area (Å²) in [4.78, 5) is 11.8. The number of rotatable bonds is 6. The van der Waals surface area contributed by atoms with E-state index in [4.69, 9.17) is 5.11 Å². The number of unbranched alkanes of at least 4 members (excludes halogenated alkanes) is 1. The van der Waals surface area contributed by atoms with Crippen LogP contribution in [0.5, 0.6) is 0 Å². The largest absolute Gasteiger partial charge is 0.396 e. The first kappa shape index (κ1) is 12.9. The van der Waals surface area contributed by atoms with Crippen LogP contribution in [0, 0.1) is 0 Å². The minimum atomic E-state index is 0.0939. The molecule has 0 bridgehead atoms. The number of aliphatic hydroxyl groups excluding tert-OH is 1. The average molecular weight is 248 g/mol. The van der Waals surface area contributed by atoms with Crippen LogP contribution in [0.4, 0.5) is 5.69 Å². The van der Waals surface area contributed by atoms with Crippen LogP contribution in [-0.4, -0.2) is 30.7 Å². The van der Waals surface area contributed by atoms with Crippen LogP contribution in [-0.2, 0) is 4.79 Å². The van der Waals surface area contributed by atoms with Gasteiger partial charge in [-0.15, -0.1) is 0 Å². The van der Waals surface area contributed by atoms with Gasteiger partial charge in [-0.2, -0.15) is 0 Å². The zero-order chi connectivity index (χ0) is 12.8. The maximum atomic E-state index is 11.8. The minimum Gasteiger partial charge on any atom is -0.396 e. The van der Waals surface area contributed by atoms with Gasteiger partial charge in [-0.05, 0) is 24.5 Å². The molecular weight excluding hydrogens is 228 g/mol. The number of benzene rings is 1. The summed E-state index contributed by atoms with van der Waals surface area (Å²) in [7, 11) is 0. The van der Waals surface area contributed by atoms with Crippen LogP contribution in [0.25, 0.3) is 0 Å². The van der Waals surface area contributed by atoms with E-state index in [0.29, 0.717) is 13.0 Å². The molecule has 1 aliphatic heterocycles. The number of carbonyl (C=O) groups excluding carboxylic acids is 1. The van der Waals surface area contributed by atoms with E-state index in [1.165, 1.54) is 5.56 Å². The Hall–Kier alpha value is -1.55. The second-order valence-electron chi connectivity index (χ2n) is 4.65. The molecule has 1 aromatic rings. The van der Waals surface area contributed by atoms with Crippen LogP contribution in [0.1, 0.15) is 30.7 Å². The Kier molecular flexibility index (Phi) is 4.59. The zero-order valence-electron chi connectivity index (χ0n) is 10.5. The normalized spacial score (nSPS) is 17.1. The molecule has 1 amide bonds. The molecule has 4 heteroatoms. The van der Waals surface area contributed by atoms with Crippen molar-refractivity contribution >= 4 is 11.6 Å². The standard InChI is InChI=1S/C14H20N2O2/c17-8-4-3-7-15-14(18)9-11-10-16-13-6-2-1-5-12(11)13/h1-2,5-6,11,16-17H,3-4,7-10H2,(H,15,18). The SMILES string of the molecule is O=C(CC1CNc2ccccc21)NCCCCO. The van der Waals surface area contributed by atoms with Gasteiger partial charge in [-0.1, -0.05) is 18.2 Å². The molecule has 98 valence electrons. The van der Waals surface area contributed by atoms with E-state index >= 15 is 0 Å². The van der Waals surface area contributed by atoms with E-state index in [0.717, 1.165) is 25.1 Å². The molecule has 1 aliphatic rings. The number of anilines is 1. The molecule has 1 unspecified atom stereocenters. The fourth-order valence-electron chi connectivity index (χ4n) is 2.30. The highest BCUT2D eigenvalue weighted by Crippen LogP contribution is 2.32. The fraction of sp³-hybridized carbons (Fsp3) is 0.500. The van der Waals surface area contributed by atoms with Gasteiger partial charge in [-0.25, -0.2) is 0 Å². The van der Waals surface area contributed by atoms with Crippen LogP contribution in [0.2, 0.25) is 0 Å². The number of fused-ring (bicyclic) bond motifs is 1. The number of carbonyl (C=O) groups is 1. The van der Waals surface area contributed by atoms with Crippen molar-refractivity contribution in [2.75, 3.05) is 25.0 Å². The summed E-state index contributed by atoms with van der Waals surface area (Å²) in [5.41, 5.74) is 2.39. The van der Waals surface area contributed by atoms with Gasteiger partial charge in [0, 0.05) is 37.7 Å². The lowest BCUT2D eigenvalue weighted by atomic mass is 9.97. The number of para-hydroxylation sites is 1. The van der Waals surface area contributed by atoms with Crippen LogP contribution >= 0.6 is 0 Å². The van der Waals surface area contributed by atoms with Gasteiger partial charge in [0.2, 0.25) is 5.91 Å². The molecule has 1 aromatic carbocycles. The topological polar surface area (TPSA) is 61.4 Å². The molecule has 0 fully saturated rings. The van der Waals surface area contributed by atoms with E-state index in [1.807, 2.05) is 12.1 Å². The third kappa shape index (κ3) is 3.23. The highest BCUT2D eigenvalue weighted by atomic mass is 16.2. The minimum absolute atomic E-state index is 0.0939. The molecule has 0 aromatic heterocycles. The van der Waals surface area contributed by atoms with E-state index in [9.17, 15) is 4.79 Å². The maximum Gasteiger partial charge on any atom is 0.220 e. The first-order valence-corrected chi connectivity index (χ1v) is 6.51. The lowest BCUT2D eigenvalue weighted by Crippen LogP contribution is -2.26. The van der Waals surface area contributed by atoms with Gasteiger partial charge in [0.25, 0.3) is 0 Å². The molecule has 3 N–H and O–H groups in total. The quantitative estimate of drug-likeness (QED) is 0.668. The molecule has 0 radical (unpaired) electrons. The Labute approximate surface area is 107 Å². The van der Waals surface area contributed by atoms with Crippen molar-refractivity contribution in [3.63, 3.8) is 0 Å². The molecule has 1 atom stereocenters. The monoisotopic (exact) mass is 248 g/mol. The molecule has 4 nitrogen and oxygen atoms in total. The zero-order valence-corrected chi connectivity index (χ0v) is 10.5. The summed E-state index contributed by atoms with van der Waals surface area (Å²) in [6.07, 6.45) is 2.11. The average Bonchev–Trinajstić information content (AvgIpc) is 2.78. The van der Waals surface area contributed by atoms with E-state index < -0.39 is 0 Å². The summed E-state index contributed by atoms with van der Waals surface area (Å²) < 4.78 is 0. The van der Waals surface area contributed by atoms with Gasteiger partial charge in [0.15, 0.2) is 0 Å². The molecule has 0 spiro atoms. The van der Waals surface area contributed by atoms with E-state index in [-0.39, 0.29) is 18.4 Å². The first-order chi connectivity index (χ1) is 8.81. The Morgan fingerprint density at radius 3 is 3.06 bits per heavy atom. The summed E-state index contributed by atoms with van der Waals surface area (Å²) in [5, 5.41) is 14.9. The van der Waals surface area contributed by atoms with Gasteiger partial charge >= 0.3 is 0 Å². The lowest BCUT2D eigenvalue weighted by molar-refractivity contribution is -0.121. The summed E-state index contributed by atoms with van der Waals surface area (Å²) in [6, 6.07) is 8.15. The smallest absolute Gasteiger partial charge is 0.220 e. The molecule has 0 saturated carbocycles. The van der Waals surface area contributed by atoms with Gasteiger partial charge in [-0.3, -0.25) is 4.79 Å². The number of hydrogen-bond acceptors (Lipinski definition) is 3. The second-order valence-corrected chi connectivity index (χ2v) is 4.65. The molecule has 0 saturated heterocycles. The third-order valence-corrected chi connectivity index (χ3v) is 3.28. The van der Waals surface area contributed by atoms with Crippen LogP contribution in [0.15, 0.2) is 24.3 Å². The number of nitrogens with one attached hydrogen (secondary N) is 2. The Morgan fingerprint density at radius 2 is 2.22 bits per heavy atom. The maximum absolute atomic E-state index is 11.8. The van der Waals surface area contributed by atoms with Gasteiger partial charge in [0.05, 0.1) is 0 Å². The predicted octanol–water partition coefficient (Wildman–Crippen LogP) is 1.47. The predicted molar refractivity (Wildman–Crippen MR) is 71.6 cm³/mol. The van der Waals surface area contributed by atoms with Crippen molar-refractivity contribution in [3.8, 4) is 0 Å². The Morgan fingerprint density at radius 1 is 1.39 bits per heavy atom. The highest BCUT2D eigenvalue weighted by molar-refractivity contribution is 5.78. The lowest BCUT2D eigenvalue weighted by Gasteiger charge is -2.10. The van der Waals surface area contributed by atoms with E-state index in [2.05, 4.69) is 22.8 Å². The molecule has 1 heterocycles. The number of amides is 1.